The molecule has 0 amide bonds. The third-order valence-corrected chi connectivity index (χ3v) is 2.95. The summed E-state index contributed by atoms with van der Waals surface area (Å²) in [5.41, 5.74) is 5.73. The van der Waals surface area contributed by atoms with Crippen molar-refractivity contribution in [3.05, 3.63) is 11.6 Å². The third-order valence-electron chi connectivity index (χ3n) is 2.95. The van der Waals surface area contributed by atoms with Gasteiger partial charge in [0.25, 0.3) is 0 Å². The molecule has 1 aliphatic carbocycles. The fourth-order valence-corrected chi connectivity index (χ4v) is 2.10. The van der Waals surface area contributed by atoms with Gasteiger partial charge >= 0.3 is 0 Å². The summed E-state index contributed by atoms with van der Waals surface area (Å²) in [7, 11) is 0. The van der Waals surface area contributed by atoms with Gasteiger partial charge in [-0.3, -0.25) is 0 Å². The predicted molar refractivity (Wildman–Crippen MR) is 51.4 cm³/mol. The van der Waals surface area contributed by atoms with Gasteiger partial charge in [0.05, 0.1) is 0 Å². The van der Waals surface area contributed by atoms with Crippen LogP contribution >= 0.6 is 0 Å². The number of nitrogen functional groups attached to an aromatic ring is 1. The molecule has 1 heterocycles. The summed E-state index contributed by atoms with van der Waals surface area (Å²) in [6, 6.07) is 1.92. The molecule has 4 heteroatoms. The Morgan fingerprint density at radius 1 is 1.57 bits per heavy atom. The first kappa shape index (κ1) is 9.07. The van der Waals surface area contributed by atoms with Crippen LogP contribution in [-0.2, 0) is 0 Å². The van der Waals surface area contributed by atoms with Crippen LogP contribution < -0.4 is 5.73 Å². The van der Waals surface area contributed by atoms with Gasteiger partial charge in [0, 0.05) is 5.92 Å². The zero-order valence-corrected chi connectivity index (χ0v) is 8.16. The minimum absolute atomic E-state index is 0.154. The summed E-state index contributed by atoms with van der Waals surface area (Å²) in [6.45, 7) is 2.18. The van der Waals surface area contributed by atoms with Gasteiger partial charge in [-0.15, -0.1) is 0 Å². The molecule has 0 aliphatic heterocycles. The average Bonchev–Trinajstić information content (AvgIpc) is 2.71. The number of oxazole rings is 1. The second-order valence-electron chi connectivity index (χ2n) is 3.89. The number of hydrogen-bond donors (Lipinski definition) is 1. The Morgan fingerprint density at radius 2 is 2.36 bits per heavy atom. The largest absolute Gasteiger partial charge is 0.424 e. The van der Waals surface area contributed by atoms with Crippen LogP contribution in [0.25, 0.3) is 0 Å². The maximum Gasteiger partial charge on any atom is 0.229 e. The molecular weight excluding hydrogens is 178 g/mol. The van der Waals surface area contributed by atoms with E-state index in [1.165, 1.54) is 12.8 Å². The number of rotatable bonds is 1. The minimum atomic E-state index is 0.154. The van der Waals surface area contributed by atoms with E-state index in [4.69, 9.17) is 15.4 Å². The lowest BCUT2D eigenvalue weighted by Gasteiger charge is -2.09. The van der Waals surface area contributed by atoms with Gasteiger partial charge in [-0.05, 0) is 18.8 Å². The molecule has 4 nitrogen and oxygen atoms in total. The van der Waals surface area contributed by atoms with E-state index in [-0.39, 0.29) is 11.6 Å². The molecule has 1 aromatic rings. The molecule has 14 heavy (non-hydrogen) atoms. The Bertz CT molecular complexity index is 377. The molecule has 1 aromatic heterocycles. The molecule has 1 saturated carbocycles. The minimum Gasteiger partial charge on any atom is -0.424 e. The van der Waals surface area contributed by atoms with Crippen molar-refractivity contribution in [1.82, 2.24) is 4.98 Å². The van der Waals surface area contributed by atoms with Gasteiger partial charge in [-0.25, -0.2) is 4.98 Å². The molecule has 2 rings (SSSR count). The first-order valence-corrected chi connectivity index (χ1v) is 4.88. The number of anilines is 1. The molecule has 0 saturated heterocycles. The highest BCUT2D eigenvalue weighted by Crippen LogP contribution is 2.39. The molecule has 0 bridgehead atoms. The molecule has 2 unspecified atom stereocenters. The summed E-state index contributed by atoms with van der Waals surface area (Å²) in [6.07, 6.45) is 3.50. The summed E-state index contributed by atoms with van der Waals surface area (Å²) in [4.78, 5) is 4.11. The van der Waals surface area contributed by atoms with E-state index in [1.807, 2.05) is 6.07 Å². The highest BCUT2D eigenvalue weighted by molar-refractivity contribution is 5.41. The number of nitrogens with zero attached hydrogens (tertiary/aromatic N) is 2. The van der Waals surface area contributed by atoms with Crippen molar-refractivity contribution in [3.63, 3.8) is 0 Å². The smallest absolute Gasteiger partial charge is 0.229 e. The van der Waals surface area contributed by atoms with E-state index in [0.29, 0.717) is 17.7 Å². The number of aromatic nitrogens is 1. The first-order chi connectivity index (χ1) is 6.72. The third kappa shape index (κ3) is 1.35. The van der Waals surface area contributed by atoms with Gasteiger partial charge in [-0.1, -0.05) is 13.3 Å². The Labute approximate surface area is 82.7 Å². The zero-order chi connectivity index (χ0) is 10.1. The van der Waals surface area contributed by atoms with Crippen LogP contribution in [0.3, 0.4) is 0 Å². The van der Waals surface area contributed by atoms with E-state index in [2.05, 4.69) is 11.9 Å². The van der Waals surface area contributed by atoms with Crippen molar-refractivity contribution < 1.29 is 4.42 Å². The molecule has 1 aliphatic rings. The van der Waals surface area contributed by atoms with Crippen LogP contribution in [0.5, 0.6) is 0 Å². The van der Waals surface area contributed by atoms with Crippen molar-refractivity contribution in [2.75, 3.05) is 5.73 Å². The van der Waals surface area contributed by atoms with Crippen LogP contribution in [0.1, 0.15) is 43.7 Å². The molecule has 1 fully saturated rings. The Balaban J connectivity index is 2.29. The molecule has 2 N–H and O–H groups in total. The number of nitriles is 1. The number of hydrogen-bond acceptors (Lipinski definition) is 4. The van der Waals surface area contributed by atoms with Gasteiger partial charge < -0.3 is 10.2 Å². The van der Waals surface area contributed by atoms with Crippen molar-refractivity contribution in [2.24, 2.45) is 5.92 Å². The van der Waals surface area contributed by atoms with Crippen LogP contribution in [0.15, 0.2) is 4.42 Å². The molecule has 2 atom stereocenters. The fraction of sp³-hybridized carbons (Fsp3) is 0.600. The maximum atomic E-state index is 8.69. The van der Waals surface area contributed by atoms with Crippen LogP contribution in [0.4, 0.5) is 5.88 Å². The Morgan fingerprint density at radius 3 is 2.86 bits per heavy atom. The maximum absolute atomic E-state index is 8.69. The quantitative estimate of drug-likeness (QED) is 0.736. The van der Waals surface area contributed by atoms with Crippen LogP contribution in [0, 0.1) is 17.2 Å². The number of nitrogens with two attached hydrogens (primary N) is 1. The van der Waals surface area contributed by atoms with Gasteiger partial charge in [0.2, 0.25) is 17.5 Å². The normalized spacial score (nSPS) is 26.3. The van der Waals surface area contributed by atoms with Crippen molar-refractivity contribution >= 4 is 5.88 Å². The SMILES string of the molecule is CC1CCCC1c1nc(C#N)c(N)o1. The zero-order valence-electron chi connectivity index (χ0n) is 8.16. The van der Waals surface area contributed by atoms with E-state index in [9.17, 15) is 0 Å². The van der Waals surface area contributed by atoms with Gasteiger partial charge in [0.15, 0.2) is 0 Å². The highest BCUT2D eigenvalue weighted by Gasteiger charge is 2.29. The van der Waals surface area contributed by atoms with Crippen LogP contribution in [0.2, 0.25) is 0 Å². The predicted octanol–water partition coefficient (Wildman–Crippen LogP) is 2.03. The summed E-state index contributed by atoms with van der Waals surface area (Å²) in [5, 5.41) is 8.69. The topological polar surface area (TPSA) is 75.8 Å². The Kier molecular flexibility index (Phi) is 2.16. The molecular formula is C10H13N3O. The van der Waals surface area contributed by atoms with Crippen LogP contribution in [-0.4, -0.2) is 4.98 Å². The first-order valence-electron chi connectivity index (χ1n) is 4.88. The van der Waals surface area contributed by atoms with E-state index in [1.54, 1.807) is 0 Å². The van der Waals surface area contributed by atoms with Gasteiger partial charge in [0.1, 0.15) is 6.07 Å². The average molecular weight is 191 g/mol. The lowest BCUT2D eigenvalue weighted by Crippen LogP contribution is -2.02. The molecule has 0 aromatic carbocycles. The van der Waals surface area contributed by atoms with Crippen molar-refractivity contribution in [1.29, 1.82) is 5.26 Å². The molecule has 0 spiro atoms. The fourth-order valence-electron chi connectivity index (χ4n) is 2.10. The van der Waals surface area contributed by atoms with E-state index < -0.39 is 0 Å². The highest BCUT2D eigenvalue weighted by atomic mass is 16.4. The summed E-state index contributed by atoms with van der Waals surface area (Å²) < 4.78 is 5.30. The van der Waals surface area contributed by atoms with Gasteiger partial charge in [-0.2, -0.15) is 5.26 Å². The molecule has 0 radical (unpaired) electrons. The second-order valence-corrected chi connectivity index (χ2v) is 3.89. The van der Waals surface area contributed by atoms with E-state index >= 15 is 0 Å². The van der Waals surface area contributed by atoms with E-state index in [0.717, 1.165) is 6.42 Å². The lowest BCUT2D eigenvalue weighted by atomic mass is 9.98. The summed E-state index contributed by atoms with van der Waals surface area (Å²) >= 11 is 0. The second kappa shape index (κ2) is 3.33. The monoisotopic (exact) mass is 191 g/mol. The van der Waals surface area contributed by atoms with Crippen molar-refractivity contribution in [2.45, 2.75) is 32.1 Å². The lowest BCUT2D eigenvalue weighted by molar-refractivity contribution is 0.408. The molecule has 74 valence electrons. The Hall–Kier alpha value is -1.50. The summed E-state index contributed by atoms with van der Waals surface area (Å²) in [5.74, 6) is 1.73. The standard InChI is InChI=1S/C10H13N3O/c1-6-3-2-4-7(6)10-13-8(5-11)9(12)14-10/h6-7H,2-4,12H2,1H3. The van der Waals surface area contributed by atoms with Crippen molar-refractivity contribution in [3.8, 4) is 6.07 Å².